The van der Waals surface area contributed by atoms with E-state index < -0.39 is 5.60 Å². The van der Waals surface area contributed by atoms with Gasteiger partial charge >= 0.3 is 5.97 Å². The van der Waals surface area contributed by atoms with Gasteiger partial charge in [0.1, 0.15) is 5.60 Å². The van der Waals surface area contributed by atoms with Gasteiger partial charge in [0.05, 0.1) is 13.2 Å². The number of carbonyl (C=O) groups excluding carboxylic acids is 1. The monoisotopic (exact) mass is 533 g/mol. The van der Waals surface area contributed by atoms with Crippen molar-refractivity contribution in [1.82, 2.24) is 10.6 Å². The number of rotatable bonds is 12. The van der Waals surface area contributed by atoms with Gasteiger partial charge in [0.25, 0.3) is 0 Å². The molecule has 1 aromatic carbocycles. The number of nitrogens with zero attached hydrogens (tertiary/aromatic N) is 1. The second-order valence-electron chi connectivity index (χ2n) is 8.19. The maximum absolute atomic E-state index is 11.7. The number of benzene rings is 1. The van der Waals surface area contributed by atoms with Crippen LogP contribution in [0.4, 0.5) is 0 Å². The van der Waals surface area contributed by atoms with Gasteiger partial charge in [-0.3, -0.25) is 9.79 Å². The molecule has 0 aromatic heterocycles. The molecule has 0 spiro atoms. The highest BCUT2D eigenvalue weighted by Gasteiger charge is 2.15. The van der Waals surface area contributed by atoms with Crippen molar-refractivity contribution < 1.29 is 14.6 Å². The van der Waals surface area contributed by atoms with Crippen LogP contribution in [0.5, 0.6) is 0 Å². The molecule has 1 unspecified atom stereocenters. The van der Waals surface area contributed by atoms with Gasteiger partial charge in [-0.05, 0) is 46.1 Å². The molecular weight excluding hydrogens is 493 g/mol. The molecule has 0 amide bonds. The summed E-state index contributed by atoms with van der Waals surface area (Å²) in [5.41, 5.74) is 0.693. The van der Waals surface area contributed by atoms with Crippen molar-refractivity contribution in [2.45, 2.75) is 71.3 Å². The minimum absolute atomic E-state index is 0. The Kier molecular flexibility index (Phi) is 15.6. The predicted octanol–water partition coefficient (Wildman–Crippen LogP) is 4.23. The average molecular weight is 533 g/mol. The zero-order valence-corrected chi connectivity index (χ0v) is 21.3. The van der Waals surface area contributed by atoms with E-state index in [1.807, 2.05) is 58.0 Å². The molecule has 0 fully saturated rings. The summed E-state index contributed by atoms with van der Waals surface area (Å²) in [5, 5.41) is 16.3. The van der Waals surface area contributed by atoms with Crippen molar-refractivity contribution in [2.24, 2.45) is 4.99 Å². The lowest BCUT2D eigenvalue weighted by atomic mass is 10.0. The fourth-order valence-electron chi connectivity index (χ4n) is 2.88. The number of aliphatic imine (C=N–C) groups is 1. The van der Waals surface area contributed by atoms with E-state index in [0.29, 0.717) is 13.0 Å². The second-order valence-corrected chi connectivity index (χ2v) is 8.19. The van der Waals surface area contributed by atoms with E-state index in [1.165, 1.54) is 0 Å². The number of esters is 1. The van der Waals surface area contributed by atoms with E-state index >= 15 is 0 Å². The summed E-state index contributed by atoms with van der Waals surface area (Å²) >= 11 is 0. The first-order valence-electron chi connectivity index (χ1n) is 10.8. The van der Waals surface area contributed by atoms with Crippen LogP contribution in [0.25, 0.3) is 0 Å². The van der Waals surface area contributed by atoms with Gasteiger partial charge in [-0.2, -0.15) is 0 Å². The SMILES string of the molecule is CCNC(=NCC(CO)c1ccccc1)NCCCCCCC(=O)OC(C)(C)C.I. The molecule has 172 valence electrons. The van der Waals surface area contributed by atoms with E-state index in [2.05, 4.69) is 15.6 Å². The molecule has 6 nitrogen and oxygen atoms in total. The van der Waals surface area contributed by atoms with Crippen LogP contribution in [0, 0.1) is 0 Å². The first-order valence-corrected chi connectivity index (χ1v) is 10.8. The van der Waals surface area contributed by atoms with Crippen LogP contribution < -0.4 is 10.6 Å². The molecule has 0 saturated carbocycles. The first-order chi connectivity index (χ1) is 13.9. The zero-order chi connectivity index (χ0) is 21.5. The van der Waals surface area contributed by atoms with Crippen LogP contribution in [0.15, 0.2) is 35.3 Å². The number of ether oxygens (including phenoxy) is 1. The molecule has 7 heteroatoms. The summed E-state index contributed by atoms with van der Waals surface area (Å²) in [6.45, 7) is 9.93. The van der Waals surface area contributed by atoms with Gasteiger partial charge in [0, 0.05) is 25.4 Å². The standard InChI is InChI=1S/C23H39N3O3.HI/c1-5-24-22(26-17-20(18-27)19-13-9-8-10-14-19)25-16-12-7-6-11-15-21(28)29-23(2,3)4;/h8-10,13-14,20,27H,5-7,11-12,15-18H2,1-4H3,(H2,24,25,26);1H. The van der Waals surface area contributed by atoms with Crippen molar-refractivity contribution in [2.75, 3.05) is 26.2 Å². The Labute approximate surface area is 199 Å². The van der Waals surface area contributed by atoms with Crippen molar-refractivity contribution in [3.05, 3.63) is 35.9 Å². The molecular formula is C23H40IN3O3. The summed E-state index contributed by atoms with van der Waals surface area (Å²) in [4.78, 5) is 16.3. The van der Waals surface area contributed by atoms with E-state index in [4.69, 9.17) is 4.74 Å². The Hall–Kier alpha value is -1.35. The molecule has 0 saturated heterocycles. The van der Waals surface area contributed by atoms with Gasteiger partial charge in [-0.1, -0.05) is 43.2 Å². The fraction of sp³-hybridized carbons (Fsp3) is 0.652. The van der Waals surface area contributed by atoms with Gasteiger partial charge in [0.2, 0.25) is 0 Å². The van der Waals surface area contributed by atoms with Gasteiger partial charge < -0.3 is 20.5 Å². The van der Waals surface area contributed by atoms with Gasteiger partial charge in [0.15, 0.2) is 5.96 Å². The Morgan fingerprint density at radius 3 is 2.37 bits per heavy atom. The third-order valence-corrected chi connectivity index (χ3v) is 4.33. The van der Waals surface area contributed by atoms with E-state index in [-0.39, 0.29) is 42.5 Å². The first kappa shape index (κ1) is 28.6. The maximum atomic E-state index is 11.7. The van der Waals surface area contributed by atoms with Crippen molar-refractivity contribution >= 4 is 35.9 Å². The molecule has 1 atom stereocenters. The number of aliphatic hydroxyl groups excluding tert-OH is 1. The molecule has 3 N–H and O–H groups in total. The summed E-state index contributed by atoms with van der Waals surface area (Å²) in [7, 11) is 0. The smallest absolute Gasteiger partial charge is 0.306 e. The van der Waals surface area contributed by atoms with Crippen molar-refractivity contribution in [3.63, 3.8) is 0 Å². The summed E-state index contributed by atoms with van der Waals surface area (Å²) in [5.74, 6) is 0.657. The molecule has 0 heterocycles. The highest BCUT2D eigenvalue weighted by Crippen LogP contribution is 2.15. The molecule has 0 aliphatic carbocycles. The Morgan fingerprint density at radius 1 is 1.10 bits per heavy atom. The average Bonchev–Trinajstić information content (AvgIpc) is 2.67. The Bertz CT molecular complexity index is 603. The molecule has 30 heavy (non-hydrogen) atoms. The largest absolute Gasteiger partial charge is 0.460 e. The van der Waals surface area contributed by atoms with E-state index in [0.717, 1.165) is 50.3 Å². The van der Waals surface area contributed by atoms with Crippen LogP contribution in [0.3, 0.4) is 0 Å². The molecule has 0 aliphatic rings. The summed E-state index contributed by atoms with van der Waals surface area (Å²) in [6.07, 6.45) is 4.42. The Morgan fingerprint density at radius 2 is 1.77 bits per heavy atom. The van der Waals surface area contributed by atoms with Gasteiger partial charge in [-0.25, -0.2) is 0 Å². The van der Waals surface area contributed by atoms with Crippen LogP contribution in [-0.2, 0) is 9.53 Å². The number of nitrogens with one attached hydrogen (secondary N) is 2. The third-order valence-electron chi connectivity index (χ3n) is 4.33. The number of aliphatic hydroxyl groups is 1. The zero-order valence-electron chi connectivity index (χ0n) is 18.9. The van der Waals surface area contributed by atoms with E-state index in [9.17, 15) is 9.90 Å². The lowest BCUT2D eigenvalue weighted by Crippen LogP contribution is -2.38. The summed E-state index contributed by atoms with van der Waals surface area (Å²) in [6, 6.07) is 9.98. The van der Waals surface area contributed by atoms with E-state index in [1.54, 1.807) is 0 Å². The minimum atomic E-state index is -0.404. The molecule has 0 aliphatic heterocycles. The number of halogens is 1. The van der Waals surface area contributed by atoms with Crippen molar-refractivity contribution in [3.8, 4) is 0 Å². The highest BCUT2D eigenvalue weighted by molar-refractivity contribution is 14.0. The number of hydrogen-bond acceptors (Lipinski definition) is 4. The number of guanidine groups is 1. The fourth-order valence-corrected chi connectivity index (χ4v) is 2.88. The minimum Gasteiger partial charge on any atom is -0.460 e. The molecule has 0 bridgehead atoms. The predicted molar refractivity (Wildman–Crippen MR) is 135 cm³/mol. The molecule has 0 radical (unpaired) electrons. The number of hydrogen-bond donors (Lipinski definition) is 3. The molecule has 1 rings (SSSR count). The second kappa shape index (κ2) is 16.4. The normalized spacial score (nSPS) is 12.6. The summed E-state index contributed by atoms with van der Waals surface area (Å²) < 4.78 is 5.32. The number of unbranched alkanes of at least 4 members (excludes halogenated alkanes) is 3. The lowest BCUT2D eigenvalue weighted by molar-refractivity contribution is -0.154. The van der Waals surface area contributed by atoms with Crippen LogP contribution >= 0.6 is 24.0 Å². The highest BCUT2D eigenvalue weighted by atomic mass is 127. The maximum Gasteiger partial charge on any atom is 0.306 e. The third kappa shape index (κ3) is 13.8. The number of carbonyl (C=O) groups is 1. The van der Waals surface area contributed by atoms with Crippen LogP contribution in [-0.4, -0.2) is 48.9 Å². The molecule has 1 aromatic rings. The van der Waals surface area contributed by atoms with Crippen LogP contribution in [0.2, 0.25) is 0 Å². The Balaban J connectivity index is 0.00000841. The van der Waals surface area contributed by atoms with Crippen molar-refractivity contribution in [1.29, 1.82) is 0 Å². The van der Waals surface area contributed by atoms with Crippen LogP contribution in [0.1, 0.15) is 71.3 Å². The quantitative estimate of drug-likeness (QED) is 0.123. The topological polar surface area (TPSA) is 83.0 Å². The lowest BCUT2D eigenvalue weighted by Gasteiger charge is -2.19. The van der Waals surface area contributed by atoms with Gasteiger partial charge in [-0.15, -0.1) is 24.0 Å².